The van der Waals surface area contributed by atoms with Gasteiger partial charge in [0.1, 0.15) is 12.4 Å². The van der Waals surface area contributed by atoms with E-state index in [2.05, 4.69) is 25.9 Å². The predicted octanol–water partition coefficient (Wildman–Crippen LogP) is 2.52. The van der Waals surface area contributed by atoms with Gasteiger partial charge in [0.2, 0.25) is 0 Å². The van der Waals surface area contributed by atoms with Crippen LogP contribution >= 0.6 is 15.9 Å². The number of nitrogens with zero attached hydrogens (tertiary/aromatic N) is 2. The molecule has 1 N–H and O–H groups in total. The molecule has 0 aliphatic carbocycles. The Morgan fingerprint density at radius 2 is 2.17 bits per heavy atom. The Morgan fingerprint density at radius 1 is 1.33 bits per heavy atom. The van der Waals surface area contributed by atoms with E-state index in [1.807, 2.05) is 0 Å². The Kier molecular flexibility index (Phi) is 3.88. The van der Waals surface area contributed by atoms with Gasteiger partial charge in [-0.05, 0) is 34.1 Å². The van der Waals surface area contributed by atoms with Crippen molar-refractivity contribution in [2.75, 3.05) is 0 Å². The number of halogens is 1. The average molecular weight is 309 g/mol. The number of carbonyl (C=O) groups is 1. The molecule has 0 unspecified atom stereocenters. The molecule has 0 spiro atoms. The van der Waals surface area contributed by atoms with Gasteiger partial charge in [0.05, 0.1) is 17.5 Å². The second-order valence-electron chi connectivity index (χ2n) is 3.47. The largest absolute Gasteiger partial charge is 0.486 e. The van der Waals surface area contributed by atoms with Crippen LogP contribution in [0.1, 0.15) is 16.1 Å². The third-order valence-corrected chi connectivity index (χ3v) is 2.57. The van der Waals surface area contributed by atoms with Crippen LogP contribution in [0.25, 0.3) is 0 Å². The van der Waals surface area contributed by atoms with E-state index in [0.717, 1.165) is 4.47 Å². The van der Waals surface area contributed by atoms with Crippen LogP contribution in [-0.2, 0) is 6.61 Å². The number of aromatic carboxylic acids is 1. The lowest BCUT2D eigenvalue weighted by molar-refractivity contribution is 0.0696. The monoisotopic (exact) mass is 308 g/mol. The summed E-state index contributed by atoms with van der Waals surface area (Å²) >= 11 is 3.29. The highest BCUT2D eigenvalue weighted by atomic mass is 79.9. The lowest BCUT2D eigenvalue weighted by Gasteiger charge is -2.05. The highest BCUT2D eigenvalue weighted by Crippen LogP contribution is 2.16. The minimum Gasteiger partial charge on any atom is -0.486 e. The quantitative estimate of drug-likeness (QED) is 0.939. The third kappa shape index (κ3) is 3.27. The van der Waals surface area contributed by atoms with Crippen molar-refractivity contribution < 1.29 is 14.6 Å². The molecule has 2 heterocycles. The highest BCUT2D eigenvalue weighted by Gasteiger charge is 2.03. The second-order valence-corrected chi connectivity index (χ2v) is 4.39. The molecule has 0 bridgehead atoms. The number of pyridine rings is 2. The first-order valence-corrected chi connectivity index (χ1v) is 5.86. The van der Waals surface area contributed by atoms with Gasteiger partial charge in [-0.2, -0.15) is 0 Å². The first-order chi connectivity index (χ1) is 8.65. The molecule has 6 heteroatoms. The third-order valence-electron chi connectivity index (χ3n) is 2.14. The normalized spacial score (nSPS) is 10.1. The van der Waals surface area contributed by atoms with Gasteiger partial charge in [-0.15, -0.1) is 0 Å². The van der Waals surface area contributed by atoms with Crippen LogP contribution in [0.15, 0.2) is 41.3 Å². The van der Waals surface area contributed by atoms with Gasteiger partial charge in [-0.3, -0.25) is 9.97 Å². The van der Waals surface area contributed by atoms with Crippen LogP contribution in [0.4, 0.5) is 0 Å². The zero-order valence-electron chi connectivity index (χ0n) is 9.21. The van der Waals surface area contributed by atoms with E-state index >= 15 is 0 Å². The van der Waals surface area contributed by atoms with Crippen molar-refractivity contribution >= 4 is 21.9 Å². The van der Waals surface area contributed by atoms with Crippen LogP contribution in [0, 0.1) is 0 Å². The maximum absolute atomic E-state index is 10.6. The smallest absolute Gasteiger partial charge is 0.337 e. The highest BCUT2D eigenvalue weighted by molar-refractivity contribution is 9.10. The average Bonchev–Trinajstić information content (AvgIpc) is 2.37. The van der Waals surface area contributed by atoms with Crippen molar-refractivity contribution in [2.45, 2.75) is 6.61 Å². The molecular weight excluding hydrogens is 300 g/mol. The molecule has 2 aromatic heterocycles. The van der Waals surface area contributed by atoms with Crippen LogP contribution < -0.4 is 4.74 Å². The van der Waals surface area contributed by atoms with Crippen molar-refractivity contribution in [1.82, 2.24) is 9.97 Å². The molecule has 0 saturated carbocycles. The Morgan fingerprint density at radius 3 is 2.78 bits per heavy atom. The maximum atomic E-state index is 10.6. The molecule has 0 radical (unpaired) electrons. The Bertz CT molecular complexity index is 558. The van der Waals surface area contributed by atoms with Gasteiger partial charge in [0, 0.05) is 16.9 Å². The predicted molar refractivity (Wildman–Crippen MR) is 67.5 cm³/mol. The first-order valence-electron chi connectivity index (χ1n) is 5.07. The van der Waals surface area contributed by atoms with E-state index in [4.69, 9.17) is 9.84 Å². The number of rotatable bonds is 4. The molecule has 0 aliphatic rings. The van der Waals surface area contributed by atoms with E-state index in [1.54, 1.807) is 24.5 Å². The molecule has 0 aliphatic heterocycles. The molecule has 0 atom stereocenters. The lowest BCUT2D eigenvalue weighted by Crippen LogP contribution is -2.01. The van der Waals surface area contributed by atoms with Gasteiger partial charge in [-0.25, -0.2) is 4.79 Å². The van der Waals surface area contributed by atoms with E-state index in [0.29, 0.717) is 11.4 Å². The summed E-state index contributed by atoms with van der Waals surface area (Å²) in [4.78, 5) is 18.6. The van der Waals surface area contributed by atoms with Crippen LogP contribution in [0.2, 0.25) is 0 Å². The summed E-state index contributed by atoms with van der Waals surface area (Å²) in [6.07, 6.45) is 4.56. The second kappa shape index (κ2) is 5.59. The van der Waals surface area contributed by atoms with Crippen molar-refractivity contribution in [2.24, 2.45) is 0 Å². The fourth-order valence-electron chi connectivity index (χ4n) is 1.26. The van der Waals surface area contributed by atoms with Crippen LogP contribution in [0.5, 0.6) is 5.75 Å². The van der Waals surface area contributed by atoms with Crippen molar-refractivity contribution in [3.63, 3.8) is 0 Å². The minimum atomic E-state index is -0.994. The van der Waals surface area contributed by atoms with E-state index in [-0.39, 0.29) is 12.2 Å². The summed E-state index contributed by atoms with van der Waals surface area (Å²) in [5, 5.41) is 8.73. The standard InChI is InChI=1S/C12H9BrN2O3/c13-9-3-11(6-14-5-9)18-7-10-2-1-8(4-15-10)12(16)17/h1-6H,7H2,(H,16,17). The van der Waals surface area contributed by atoms with Crippen molar-refractivity contribution in [3.8, 4) is 5.75 Å². The molecule has 0 fully saturated rings. The van der Waals surface area contributed by atoms with Crippen molar-refractivity contribution in [1.29, 1.82) is 0 Å². The van der Waals surface area contributed by atoms with Gasteiger partial charge >= 0.3 is 5.97 Å². The summed E-state index contributed by atoms with van der Waals surface area (Å²) in [5.74, 6) is -0.375. The molecule has 2 aromatic rings. The zero-order valence-corrected chi connectivity index (χ0v) is 10.8. The van der Waals surface area contributed by atoms with E-state index < -0.39 is 5.97 Å². The molecule has 18 heavy (non-hydrogen) atoms. The molecule has 0 aromatic carbocycles. The van der Waals surface area contributed by atoms with Gasteiger partial charge in [0.15, 0.2) is 0 Å². The molecule has 0 amide bonds. The van der Waals surface area contributed by atoms with Crippen LogP contribution in [-0.4, -0.2) is 21.0 Å². The number of carboxylic acids is 1. The maximum Gasteiger partial charge on any atom is 0.337 e. The SMILES string of the molecule is O=C(O)c1ccc(COc2cncc(Br)c2)nc1. The number of ether oxygens (including phenoxy) is 1. The Labute approximate surface area is 112 Å². The van der Waals surface area contributed by atoms with E-state index in [1.165, 1.54) is 12.3 Å². The molecular formula is C12H9BrN2O3. The fourth-order valence-corrected chi connectivity index (χ4v) is 1.61. The first kappa shape index (κ1) is 12.5. The lowest BCUT2D eigenvalue weighted by atomic mass is 10.2. The van der Waals surface area contributed by atoms with Gasteiger partial charge < -0.3 is 9.84 Å². The number of aromatic nitrogens is 2. The fraction of sp³-hybridized carbons (Fsp3) is 0.0833. The summed E-state index contributed by atoms with van der Waals surface area (Å²) in [5.41, 5.74) is 0.808. The molecule has 2 rings (SSSR count). The zero-order chi connectivity index (χ0) is 13.0. The minimum absolute atomic E-state index is 0.155. The summed E-state index contributed by atoms with van der Waals surface area (Å²) in [7, 11) is 0. The summed E-state index contributed by atoms with van der Waals surface area (Å²) in [6.45, 7) is 0.262. The summed E-state index contributed by atoms with van der Waals surface area (Å²) < 4.78 is 6.30. The topological polar surface area (TPSA) is 72.3 Å². The number of carboxylic acid groups (broad SMARTS) is 1. The molecule has 0 saturated heterocycles. The van der Waals surface area contributed by atoms with Gasteiger partial charge in [-0.1, -0.05) is 0 Å². The van der Waals surface area contributed by atoms with E-state index in [9.17, 15) is 4.79 Å². The summed E-state index contributed by atoms with van der Waals surface area (Å²) in [6, 6.07) is 4.90. The van der Waals surface area contributed by atoms with Gasteiger partial charge in [0.25, 0.3) is 0 Å². The Balaban J connectivity index is 2.00. The Hall–Kier alpha value is -1.95. The molecule has 92 valence electrons. The molecule has 5 nitrogen and oxygen atoms in total. The van der Waals surface area contributed by atoms with Crippen LogP contribution in [0.3, 0.4) is 0 Å². The number of hydrogen-bond acceptors (Lipinski definition) is 4. The number of hydrogen-bond donors (Lipinski definition) is 1. The van der Waals surface area contributed by atoms with Crippen molar-refractivity contribution in [3.05, 3.63) is 52.5 Å².